The molecular weight excluding hydrogens is 386 g/mol. The number of carbonyl (C=O) groups excluding carboxylic acids is 1. The zero-order valence-corrected chi connectivity index (χ0v) is 17.4. The van der Waals surface area contributed by atoms with Crippen LogP contribution in [0.5, 0.6) is 0 Å². The van der Waals surface area contributed by atoms with E-state index in [4.69, 9.17) is 0 Å². The molecule has 0 bridgehead atoms. The summed E-state index contributed by atoms with van der Waals surface area (Å²) in [7, 11) is 0. The number of rotatable bonds is 8. The number of amides is 1. The largest absolute Gasteiger partial charge is 0.396 e. The van der Waals surface area contributed by atoms with Crippen molar-refractivity contribution in [2.75, 3.05) is 11.9 Å². The lowest BCUT2D eigenvalue weighted by molar-refractivity contribution is -0.115. The number of aliphatic hydroxyl groups excluding tert-OH is 1. The molecule has 0 fully saturated rings. The number of aromatic nitrogens is 2. The second-order valence-corrected chi connectivity index (χ2v) is 8.05. The molecule has 0 saturated heterocycles. The lowest BCUT2D eigenvalue weighted by atomic mass is 10.1. The molecule has 2 N–H and O–H groups in total. The van der Waals surface area contributed by atoms with Gasteiger partial charge in [-0.3, -0.25) is 14.2 Å². The maximum atomic E-state index is 12.9. The fraction of sp³-hybridized carbons (Fsp3) is 0.318. The second-order valence-electron chi connectivity index (χ2n) is 6.75. The van der Waals surface area contributed by atoms with Crippen LogP contribution < -0.4 is 10.9 Å². The number of para-hydroxylation sites is 1. The predicted octanol–water partition coefficient (Wildman–Crippen LogP) is 3.46. The Morgan fingerprint density at radius 1 is 1.21 bits per heavy atom. The lowest BCUT2D eigenvalue weighted by Gasteiger charge is -2.16. The summed E-state index contributed by atoms with van der Waals surface area (Å²) in [5, 5.41) is 12.7. The number of aryl methyl sites for hydroxylation is 1. The van der Waals surface area contributed by atoms with Gasteiger partial charge >= 0.3 is 0 Å². The van der Waals surface area contributed by atoms with Gasteiger partial charge in [0.1, 0.15) is 0 Å². The molecule has 3 aromatic rings. The van der Waals surface area contributed by atoms with Crippen LogP contribution in [0.2, 0.25) is 0 Å². The smallest absolute Gasteiger partial charge is 0.262 e. The summed E-state index contributed by atoms with van der Waals surface area (Å²) in [5.41, 5.74) is 2.39. The van der Waals surface area contributed by atoms with Crippen LogP contribution in [0.3, 0.4) is 0 Å². The predicted molar refractivity (Wildman–Crippen MR) is 117 cm³/mol. The Labute approximate surface area is 174 Å². The summed E-state index contributed by atoms with van der Waals surface area (Å²) in [5.74, 6) is -0.157. The molecule has 29 heavy (non-hydrogen) atoms. The van der Waals surface area contributed by atoms with Gasteiger partial charge in [-0.1, -0.05) is 43.0 Å². The van der Waals surface area contributed by atoms with Gasteiger partial charge in [0.05, 0.1) is 16.2 Å². The Morgan fingerprint density at radius 2 is 1.93 bits per heavy atom. The van der Waals surface area contributed by atoms with E-state index in [-0.39, 0.29) is 18.1 Å². The average Bonchev–Trinajstić information content (AvgIpc) is 2.74. The summed E-state index contributed by atoms with van der Waals surface area (Å²) in [6, 6.07) is 14.9. The van der Waals surface area contributed by atoms with E-state index < -0.39 is 5.25 Å². The van der Waals surface area contributed by atoms with Gasteiger partial charge < -0.3 is 10.4 Å². The minimum Gasteiger partial charge on any atom is -0.396 e. The highest BCUT2D eigenvalue weighted by Crippen LogP contribution is 2.24. The van der Waals surface area contributed by atoms with Crippen LogP contribution in [0.25, 0.3) is 10.9 Å². The van der Waals surface area contributed by atoms with E-state index in [0.717, 1.165) is 12.1 Å². The highest BCUT2D eigenvalue weighted by atomic mass is 32.2. The molecule has 152 valence electrons. The summed E-state index contributed by atoms with van der Waals surface area (Å²) < 4.78 is 1.54. The van der Waals surface area contributed by atoms with Gasteiger partial charge in [0.15, 0.2) is 5.16 Å². The highest BCUT2D eigenvalue weighted by molar-refractivity contribution is 8.00. The standard InChI is InChI=1S/C22H25N3O3S/c1-3-16-9-11-17(12-10-16)23-20(27)15(2)29-22-24-19-8-5-4-7-18(19)21(28)25(22)13-6-14-26/h4-5,7-12,15,26H,3,6,13-14H2,1-2H3,(H,23,27)/t15-/m0/s1. The summed E-state index contributed by atoms with van der Waals surface area (Å²) in [6.45, 7) is 4.20. The van der Waals surface area contributed by atoms with Gasteiger partial charge in [-0.2, -0.15) is 0 Å². The Bertz CT molecular complexity index is 1050. The van der Waals surface area contributed by atoms with Gasteiger partial charge in [-0.15, -0.1) is 0 Å². The molecule has 1 heterocycles. The first-order valence-electron chi connectivity index (χ1n) is 9.70. The van der Waals surface area contributed by atoms with Crippen LogP contribution in [-0.2, 0) is 17.8 Å². The summed E-state index contributed by atoms with van der Waals surface area (Å²) in [6.07, 6.45) is 1.39. The van der Waals surface area contributed by atoms with Crippen molar-refractivity contribution in [3.05, 3.63) is 64.4 Å². The van der Waals surface area contributed by atoms with E-state index in [0.29, 0.717) is 29.0 Å². The first kappa shape index (κ1) is 21.1. The molecule has 1 aromatic heterocycles. The van der Waals surface area contributed by atoms with Crippen molar-refractivity contribution in [1.82, 2.24) is 9.55 Å². The summed E-state index contributed by atoms with van der Waals surface area (Å²) in [4.78, 5) is 30.1. The molecular formula is C22H25N3O3S. The van der Waals surface area contributed by atoms with Gasteiger partial charge in [-0.05, 0) is 49.6 Å². The first-order chi connectivity index (χ1) is 14.0. The molecule has 0 aliphatic rings. The Balaban J connectivity index is 1.83. The number of fused-ring (bicyclic) bond motifs is 1. The van der Waals surface area contributed by atoms with Crippen LogP contribution in [0.15, 0.2) is 58.5 Å². The highest BCUT2D eigenvalue weighted by Gasteiger charge is 2.19. The molecule has 1 atom stereocenters. The zero-order valence-electron chi connectivity index (χ0n) is 16.6. The number of benzene rings is 2. The van der Waals surface area contributed by atoms with Crippen molar-refractivity contribution in [3.8, 4) is 0 Å². The maximum Gasteiger partial charge on any atom is 0.262 e. The molecule has 3 rings (SSSR count). The van der Waals surface area contributed by atoms with Gasteiger partial charge in [-0.25, -0.2) is 4.98 Å². The monoisotopic (exact) mass is 411 g/mol. The number of carbonyl (C=O) groups is 1. The first-order valence-corrected chi connectivity index (χ1v) is 10.6. The van der Waals surface area contributed by atoms with Crippen molar-refractivity contribution in [1.29, 1.82) is 0 Å². The Kier molecular flexibility index (Phi) is 7.06. The SMILES string of the molecule is CCc1ccc(NC(=O)[C@H](C)Sc2nc3ccccc3c(=O)n2CCCO)cc1. The van der Waals surface area contributed by atoms with E-state index in [1.54, 1.807) is 29.7 Å². The van der Waals surface area contributed by atoms with Crippen LogP contribution in [0, 0.1) is 0 Å². The number of hydrogen-bond acceptors (Lipinski definition) is 5. The molecule has 2 aromatic carbocycles. The third-order valence-corrected chi connectivity index (χ3v) is 5.74. The maximum absolute atomic E-state index is 12.9. The lowest BCUT2D eigenvalue weighted by Crippen LogP contribution is -2.27. The zero-order chi connectivity index (χ0) is 20.8. The van der Waals surface area contributed by atoms with Gasteiger partial charge in [0.2, 0.25) is 5.91 Å². The molecule has 0 radical (unpaired) electrons. The fourth-order valence-electron chi connectivity index (χ4n) is 2.94. The number of anilines is 1. The van der Waals surface area contributed by atoms with E-state index in [1.807, 2.05) is 30.3 Å². The second kappa shape index (κ2) is 9.71. The number of aliphatic hydroxyl groups is 1. The number of thioether (sulfide) groups is 1. The average molecular weight is 412 g/mol. The number of hydrogen-bond donors (Lipinski definition) is 2. The minimum atomic E-state index is -0.450. The minimum absolute atomic E-state index is 0.0207. The molecule has 0 spiro atoms. The van der Waals surface area contributed by atoms with Crippen molar-refractivity contribution < 1.29 is 9.90 Å². The molecule has 1 amide bonds. The van der Waals surface area contributed by atoms with Crippen molar-refractivity contribution in [2.45, 2.75) is 43.6 Å². The molecule has 6 nitrogen and oxygen atoms in total. The van der Waals surface area contributed by atoms with Gasteiger partial charge in [0, 0.05) is 18.8 Å². The van der Waals surface area contributed by atoms with Crippen LogP contribution in [0.4, 0.5) is 5.69 Å². The summed E-state index contributed by atoms with van der Waals surface area (Å²) >= 11 is 1.24. The number of nitrogens with one attached hydrogen (secondary N) is 1. The molecule has 0 saturated carbocycles. The molecule has 0 unspecified atom stereocenters. The van der Waals surface area contributed by atoms with E-state index in [1.165, 1.54) is 17.3 Å². The van der Waals surface area contributed by atoms with Crippen molar-refractivity contribution in [2.24, 2.45) is 0 Å². The normalized spacial score (nSPS) is 12.1. The van der Waals surface area contributed by atoms with Crippen molar-refractivity contribution in [3.63, 3.8) is 0 Å². The number of nitrogens with zero attached hydrogens (tertiary/aromatic N) is 2. The molecule has 0 aliphatic carbocycles. The third kappa shape index (κ3) is 5.05. The van der Waals surface area contributed by atoms with Crippen molar-refractivity contribution >= 4 is 34.3 Å². The van der Waals surface area contributed by atoms with Crippen LogP contribution >= 0.6 is 11.8 Å². The molecule has 7 heteroatoms. The van der Waals surface area contributed by atoms with Crippen LogP contribution in [0.1, 0.15) is 25.8 Å². The van der Waals surface area contributed by atoms with Gasteiger partial charge in [0.25, 0.3) is 5.56 Å². The van der Waals surface area contributed by atoms with E-state index >= 15 is 0 Å². The van der Waals surface area contributed by atoms with E-state index in [9.17, 15) is 14.7 Å². The Morgan fingerprint density at radius 3 is 2.62 bits per heavy atom. The molecule has 0 aliphatic heterocycles. The third-order valence-electron chi connectivity index (χ3n) is 4.65. The topological polar surface area (TPSA) is 84.2 Å². The fourth-order valence-corrected chi connectivity index (χ4v) is 3.88. The van der Waals surface area contributed by atoms with E-state index in [2.05, 4.69) is 17.2 Å². The Hall–Kier alpha value is -2.64. The van der Waals surface area contributed by atoms with Crippen LogP contribution in [-0.4, -0.2) is 32.4 Å². The quantitative estimate of drug-likeness (QED) is 0.438.